The number of aryl methyl sites for hydroxylation is 1. The zero-order chi connectivity index (χ0) is 21.7. The topological polar surface area (TPSA) is 72.5 Å². The summed E-state index contributed by atoms with van der Waals surface area (Å²) in [6.07, 6.45) is 1.79. The number of nitrogens with zero attached hydrogens (tertiary/aromatic N) is 4. The highest BCUT2D eigenvalue weighted by Crippen LogP contribution is 2.42. The van der Waals surface area contributed by atoms with Crippen LogP contribution in [0.2, 0.25) is 0 Å². The van der Waals surface area contributed by atoms with Crippen LogP contribution < -0.4 is 9.64 Å². The third-order valence-electron chi connectivity index (χ3n) is 6.36. The molecule has 0 radical (unpaired) electrons. The van der Waals surface area contributed by atoms with Crippen molar-refractivity contribution < 1.29 is 14.6 Å². The minimum absolute atomic E-state index is 0.129. The van der Waals surface area contributed by atoms with Crippen LogP contribution in [0.5, 0.6) is 5.75 Å². The van der Waals surface area contributed by atoms with Gasteiger partial charge in [-0.15, -0.1) is 0 Å². The van der Waals surface area contributed by atoms with Gasteiger partial charge in [-0.1, -0.05) is 19.1 Å². The highest BCUT2D eigenvalue weighted by Gasteiger charge is 2.29. The first-order chi connectivity index (χ1) is 15.1. The predicted molar refractivity (Wildman–Crippen MR) is 122 cm³/mol. The van der Waals surface area contributed by atoms with Crippen molar-refractivity contribution in [3.63, 3.8) is 0 Å². The molecule has 5 rings (SSSR count). The summed E-state index contributed by atoms with van der Waals surface area (Å²) in [7, 11) is 3.60. The van der Waals surface area contributed by atoms with Crippen molar-refractivity contribution in [1.29, 1.82) is 0 Å². The lowest BCUT2D eigenvalue weighted by Crippen LogP contribution is -2.37. The van der Waals surface area contributed by atoms with E-state index in [0.717, 1.165) is 52.9 Å². The lowest BCUT2D eigenvalue weighted by atomic mass is 10.1. The lowest BCUT2D eigenvalue weighted by Gasteiger charge is -2.36. The Balaban J connectivity index is 1.80. The maximum absolute atomic E-state index is 11.4. The fourth-order valence-electron chi connectivity index (χ4n) is 4.93. The number of β-amino-alcohol motifs (C(OH)–C–C–N with tert-alkyl or cyclic N) is 1. The first-order valence-electron chi connectivity index (χ1n) is 10.6. The van der Waals surface area contributed by atoms with E-state index >= 15 is 0 Å². The molecule has 160 valence electrons. The first kappa shape index (κ1) is 19.6. The van der Waals surface area contributed by atoms with E-state index in [2.05, 4.69) is 40.7 Å². The fourth-order valence-corrected chi connectivity index (χ4v) is 4.93. The molecular formula is C24H26N4O3. The van der Waals surface area contributed by atoms with Gasteiger partial charge in [0.2, 0.25) is 0 Å². The van der Waals surface area contributed by atoms with Gasteiger partial charge in [-0.2, -0.15) is 0 Å². The molecule has 0 spiro atoms. The third kappa shape index (κ3) is 2.84. The van der Waals surface area contributed by atoms with Crippen LogP contribution in [0, 0.1) is 0 Å². The molecule has 1 aliphatic heterocycles. The summed E-state index contributed by atoms with van der Waals surface area (Å²) in [5, 5.41) is 10.7. The molecule has 2 aromatic heterocycles. The zero-order valence-corrected chi connectivity index (χ0v) is 18.0. The molecule has 1 atom stereocenters. The normalized spacial score (nSPS) is 15.7. The minimum Gasteiger partial charge on any atom is -0.494 e. The number of carbonyl (C=O) groups is 1. The number of aromatic nitrogens is 3. The fraction of sp³-hybridized carbons (Fsp3) is 0.333. The maximum Gasteiger partial charge on any atom is 0.157 e. The molecule has 31 heavy (non-hydrogen) atoms. The highest BCUT2D eigenvalue weighted by atomic mass is 16.5. The average molecular weight is 418 g/mol. The van der Waals surface area contributed by atoms with Gasteiger partial charge < -0.3 is 23.9 Å². The van der Waals surface area contributed by atoms with Crippen molar-refractivity contribution in [2.75, 3.05) is 31.7 Å². The number of fused-ring (bicyclic) bond motifs is 1. The molecule has 1 N–H and O–H groups in total. The molecule has 7 nitrogen and oxygen atoms in total. The number of rotatable bonds is 6. The van der Waals surface area contributed by atoms with Gasteiger partial charge in [0.25, 0.3) is 0 Å². The smallest absolute Gasteiger partial charge is 0.157 e. The van der Waals surface area contributed by atoms with Gasteiger partial charge in [0, 0.05) is 31.1 Å². The quantitative estimate of drug-likeness (QED) is 0.483. The van der Waals surface area contributed by atoms with E-state index < -0.39 is 0 Å². The summed E-state index contributed by atoms with van der Waals surface area (Å²) in [4.78, 5) is 18.6. The number of methoxy groups -OCH3 is 1. The molecule has 2 aromatic carbocycles. The molecule has 0 bridgehead atoms. The first-order valence-corrected chi connectivity index (χ1v) is 10.6. The number of imidazole rings is 1. The second-order valence-electron chi connectivity index (χ2n) is 8.05. The number of carbonyl (C=O) groups excluding carboxylic acids is 1. The largest absolute Gasteiger partial charge is 0.494 e. The summed E-state index contributed by atoms with van der Waals surface area (Å²) in [6, 6.07) is 12.3. The Morgan fingerprint density at radius 3 is 2.81 bits per heavy atom. The third-order valence-corrected chi connectivity index (χ3v) is 6.36. The maximum atomic E-state index is 11.4. The average Bonchev–Trinajstić information content (AvgIpc) is 3.34. The van der Waals surface area contributed by atoms with Gasteiger partial charge in [-0.05, 0) is 30.7 Å². The second-order valence-corrected chi connectivity index (χ2v) is 8.05. The number of aldehydes is 1. The number of aliphatic hydroxyl groups excluding tert-OH is 1. The van der Waals surface area contributed by atoms with Crippen molar-refractivity contribution in [2.45, 2.75) is 19.4 Å². The number of para-hydroxylation sites is 1. The Bertz CT molecular complexity index is 1300. The monoisotopic (exact) mass is 418 g/mol. The Kier molecular flexibility index (Phi) is 4.70. The lowest BCUT2D eigenvalue weighted by molar-refractivity contribution is 0.112. The molecule has 1 aliphatic rings. The van der Waals surface area contributed by atoms with Crippen molar-refractivity contribution in [3.8, 4) is 17.3 Å². The van der Waals surface area contributed by atoms with E-state index in [9.17, 15) is 9.90 Å². The molecule has 0 saturated carbocycles. The Hall–Kier alpha value is -3.32. The minimum atomic E-state index is 0.129. The van der Waals surface area contributed by atoms with E-state index in [-0.39, 0.29) is 12.6 Å². The second kappa shape index (κ2) is 7.42. The van der Waals surface area contributed by atoms with Crippen molar-refractivity contribution in [1.82, 2.24) is 14.1 Å². The number of hydrogen-bond acceptors (Lipinski definition) is 5. The van der Waals surface area contributed by atoms with Crippen LogP contribution in [-0.4, -0.2) is 52.3 Å². The van der Waals surface area contributed by atoms with Crippen LogP contribution in [0.3, 0.4) is 0 Å². The van der Waals surface area contributed by atoms with Gasteiger partial charge in [0.05, 0.1) is 42.2 Å². The molecule has 3 heterocycles. The highest BCUT2D eigenvalue weighted by molar-refractivity contribution is 5.98. The number of hydrogen-bond donors (Lipinski definition) is 1. The molecule has 7 heteroatoms. The molecule has 0 amide bonds. The predicted octanol–water partition coefficient (Wildman–Crippen LogP) is 3.78. The molecule has 0 aliphatic carbocycles. The summed E-state index contributed by atoms with van der Waals surface area (Å²) < 4.78 is 10.0. The van der Waals surface area contributed by atoms with E-state index in [1.807, 2.05) is 11.6 Å². The van der Waals surface area contributed by atoms with Crippen LogP contribution in [0.4, 0.5) is 5.69 Å². The number of anilines is 1. The summed E-state index contributed by atoms with van der Waals surface area (Å²) in [6.45, 7) is 3.78. The Labute approximate surface area is 180 Å². The van der Waals surface area contributed by atoms with Crippen molar-refractivity contribution >= 4 is 33.9 Å². The zero-order valence-electron chi connectivity index (χ0n) is 18.0. The van der Waals surface area contributed by atoms with Gasteiger partial charge in [-0.25, -0.2) is 4.98 Å². The number of benzene rings is 2. The molecule has 0 fully saturated rings. The summed E-state index contributed by atoms with van der Waals surface area (Å²) in [5.41, 5.74) is 5.52. The van der Waals surface area contributed by atoms with Gasteiger partial charge in [0.15, 0.2) is 5.82 Å². The van der Waals surface area contributed by atoms with Crippen LogP contribution in [0.25, 0.3) is 33.5 Å². The van der Waals surface area contributed by atoms with Crippen molar-refractivity contribution in [3.05, 3.63) is 42.0 Å². The molecular weight excluding hydrogens is 392 g/mol. The van der Waals surface area contributed by atoms with Gasteiger partial charge >= 0.3 is 0 Å². The standard InChI is InChI=1S/C24H26N4O3/c1-4-17-13-27(8-9-29)19-7-5-6-16-12-20(28(17)22(16)19)24-25-18-10-15(14-30)11-21(31-3)23(18)26(24)2/h5-7,10-12,14,17,29H,4,8-9,13H2,1-3H3. The van der Waals surface area contributed by atoms with Crippen LogP contribution in [0.15, 0.2) is 36.4 Å². The number of ether oxygens (including phenoxy) is 1. The van der Waals surface area contributed by atoms with Gasteiger partial charge in [-0.3, -0.25) is 4.79 Å². The summed E-state index contributed by atoms with van der Waals surface area (Å²) >= 11 is 0. The van der Waals surface area contributed by atoms with Crippen molar-refractivity contribution in [2.24, 2.45) is 7.05 Å². The van der Waals surface area contributed by atoms with Crippen LogP contribution >= 0.6 is 0 Å². The molecule has 0 saturated heterocycles. The van der Waals surface area contributed by atoms with E-state index in [1.165, 1.54) is 5.52 Å². The van der Waals surface area contributed by atoms with E-state index in [4.69, 9.17) is 9.72 Å². The summed E-state index contributed by atoms with van der Waals surface area (Å²) in [5.74, 6) is 1.48. The van der Waals surface area contributed by atoms with Gasteiger partial charge in [0.1, 0.15) is 17.6 Å². The Morgan fingerprint density at radius 2 is 2.10 bits per heavy atom. The SMILES string of the molecule is CCC1CN(CCO)c2cccc3cc(-c4nc5cc(C=O)cc(OC)c5n4C)n1c23. The van der Waals surface area contributed by atoms with E-state index in [1.54, 1.807) is 19.2 Å². The molecule has 4 aromatic rings. The van der Waals surface area contributed by atoms with E-state index in [0.29, 0.717) is 17.9 Å². The number of aliphatic hydroxyl groups is 1. The van der Waals surface area contributed by atoms with Crippen LogP contribution in [-0.2, 0) is 7.05 Å². The molecule has 1 unspecified atom stereocenters. The van der Waals surface area contributed by atoms with Crippen LogP contribution in [0.1, 0.15) is 29.7 Å². The Morgan fingerprint density at radius 1 is 1.26 bits per heavy atom.